The number of methoxy groups -OCH3 is 1. The second-order valence-electron chi connectivity index (χ2n) is 4.97. The van der Waals surface area contributed by atoms with E-state index < -0.39 is 29.3 Å². The average molecular weight is 243 g/mol. The van der Waals surface area contributed by atoms with Crippen LogP contribution in [0.2, 0.25) is 0 Å². The summed E-state index contributed by atoms with van der Waals surface area (Å²) in [6, 6.07) is 0. The third-order valence-electron chi connectivity index (χ3n) is 3.31. The highest BCUT2D eigenvalue weighted by molar-refractivity contribution is 5.94. The van der Waals surface area contributed by atoms with Crippen molar-refractivity contribution in [1.82, 2.24) is 5.32 Å². The van der Waals surface area contributed by atoms with Gasteiger partial charge in [-0.25, -0.2) is 4.79 Å². The van der Waals surface area contributed by atoms with Crippen molar-refractivity contribution in [3.8, 4) is 0 Å². The first-order chi connectivity index (χ1) is 7.82. The minimum Gasteiger partial charge on any atom is -0.467 e. The fraction of sp³-hybridized carbons (Fsp3) is 0.818. The Hall–Kier alpha value is -1.14. The van der Waals surface area contributed by atoms with Crippen LogP contribution in [-0.4, -0.2) is 43.0 Å². The van der Waals surface area contributed by atoms with Crippen LogP contribution in [0.1, 0.15) is 20.8 Å². The highest BCUT2D eigenvalue weighted by atomic mass is 16.7. The molecular weight excluding hydrogens is 226 g/mol. The lowest BCUT2D eigenvalue weighted by Crippen LogP contribution is -2.65. The van der Waals surface area contributed by atoms with Gasteiger partial charge in [-0.3, -0.25) is 4.79 Å². The van der Waals surface area contributed by atoms with Crippen molar-refractivity contribution in [2.75, 3.05) is 13.7 Å². The maximum Gasteiger partial charge on any atom is 0.336 e. The predicted molar refractivity (Wildman–Crippen MR) is 57.0 cm³/mol. The molecule has 0 saturated carbocycles. The van der Waals surface area contributed by atoms with Crippen LogP contribution in [0.5, 0.6) is 0 Å². The molecule has 0 spiro atoms. The Kier molecular flexibility index (Phi) is 2.67. The van der Waals surface area contributed by atoms with Crippen LogP contribution in [0.3, 0.4) is 0 Å². The number of hydrogen-bond donors (Lipinski definition) is 1. The van der Waals surface area contributed by atoms with Gasteiger partial charge in [-0.2, -0.15) is 0 Å². The summed E-state index contributed by atoms with van der Waals surface area (Å²) in [7, 11) is 1.28. The van der Waals surface area contributed by atoms with Crippen LogP contribution in [-0.2, 0) is 23.8 Å². The van der Waals surface area contributed by atoms with Gasteiger partial charge in [-0.15, -0.1) is 0 Å². The Balaban J connectivity index is 2.36. The Morgan fingerprint density at radius 3 is 2.76 bits per heavy atom. The maximum absolute atomic E-state index is 11.9. The smallest absolute Gasteiger partial charge is 0.336 e. The van der Waals surface area contributed by atoms with E-state index in [9.17, 15) is 9.59 Å². The van der Waals surface area contributed by atoms with Gasteiger partial charge in [0, 0.05) is 0 Å². The molecule has 0 aromatic carbocycles. The highest BCUT2D eigenvalue weighted by Gasteiger charge is 2.62. The maximum atomic E-state index is 11.9. The zero-order chi connectivity index (χ0) is 12.8. The Morgan fingerprint density at radius 1 is 1.53 bits per heavy atom. The van der Waals surface area contributed by atoms with Gasteiger partial charge in [-0.05, 0) is 13.8 Å². The summed E-state index contributed by atoms with van der Waals surface area (Å²) in [6.07, 6.45) is -0.564. The van der Waals surface area contributed by atoms with E-state index >= 15 is 0 Å². The molecule has 2 aliphatic rings. The number of ether oxygens (including phenoxy) is 3. The number of carbonyl (C=O) groups is 2. The van der Waals surface area contributed by atoms with Crippen LogP contribution in [0, 0.1) is 5.92 Å². The number of amides is 1. The minimum absolute atomic E-state index is 0.0629. The molecule has 17 heavy (non-hydrogen) atoms. The first-order valence-electron chi connectivity index (χ1n) is 5.54. The minimum atomic E-state index is -1.21. The van der Waals surface area contributed by atoms with E-state index in [2.05, 4.69) is 5.32 Å². The molecule has 2 aliphatic heterocycles. The first kappa shape index (κ1) is 12.3. The number of rotatable bonds is 1. The van der Waals surface area contributed by atoms with E-state index in [1.54, 1.807) is 20.8 Å². The second kappa shape index (κ2) is 3.68. The standard InChI is InChI=1S/C11H17NO5/c1-6-7-11(9(14)15-4,12-8(6)13)5-16-10(2,3)17-7/h6-7H,5H2,1-4H3,(H,12,13)/t6-,7+,11+/m1/s1. The van der Waals surface area contributed by atoms with Crippen LogP contribution in [0.4, 0.5) is 0 Å². The van der Waals surface area contributed by atoms with Gasteiger partial charge in [0.15, 0.2) is 11.3 Å². The molecular formula is C11H17NO5. The molecule has 2 rings (SSSR count). The van der Waals surface area contributed by atoms with Gasteiger partial charge < -0.3 is 19.5 Å². The summed E-state index contributed by atoms with van der Waals surface area (Å²) in [5.74, 6) is -1.96. The highest BCUT2D eigenvalue weighted by Crippen LogP contribution is 2.38. The van der Waals surface area contributed by atoms with Crippen molar-refractivity contribution in [1.29, 1.82) is 0 Å². The largest absolute Gasteiger partial charge is 0.467 e. The van der Waals surface area contributed by atoms with Gasteiger partial charge in [0.25, 0.3) is 0 Å². The summed E-state index contributed by atoms with van der Waals surface area (Å²) in [6.45, 7) is 5.30. The average Bonchev–Trinajstić information content (AvgIpc) is 2.52. The van der Waals surface area contributed by atoms with Gasteiger partial charge in [0.05, 0.1) is 19.6 Å². The molecule has 0 aromatic rings. The molecule has 0 aliphatic carbocycles. The van der Waals surface area contributed by atoms with E-state index in [1.807, 2.05) is 0 Å². The number of esters is 1. The van der Waals surface area contributed by atoms with Crippen molar-refractivity contribution < 1.29 is 23.8 Å². The summed E-state index contributed by atoms with van der Waals surface area (Å²) in [5, 5.41) is 2.64. The van der Waals surface area contributed by atoms with Crippen molar-refractivity contribution in [3.63, 3.8) is 0 Å². The molecule has 0 radical (unpaired) electrons. The molecule has 1 amide bonds. The third-order valence-corrected chi connectivity index (χ3v) is 3.31. The van der Waals surface area contributed by atoms with E-state index in [4.69, 9.17) is 14.2 Å². The summed E-state index contributed by atoms with van der Waals surface area (Å²) in [4.78, 5) is 23.6. The molecule has 2 heterocycles. The number of carbonyl (C=O) groups excluding carboxylic acids is 2. The molecule has 0 aromatic heterocycles. The summed E-state index contributed by atoms with van der Waals surface area (Å²) in [5.41, 5.74) is -1.21. The van der Waals surface area contributed by atoms with Crippen LogP contribution in [0.25, 0.3) is 0 Å². The zero-order valence-electron chi connectivity index (χ0n) is 10.4. The first-order valence-corrected chi connectivity index (χ1v) is 5.54. The number of fused-ring (bicyclic) bond motifs is 1. The SMILES string of the molecule is COC(=O)[C@]12COC(C)(C)O[C@H]1[C@@H](C)C(=O)N2. The lowest BCUT2D eigenvalue weighted by Gasteiger charge is -2.44. The van der Waals surface area contributed by atoms with Gasteiger partial charge in [-0.1, -0.05) is 6.92 Å². The molecule has 6 nitrogen and oxygen atoms in total. The van der Waals surface area contributed by atoms with Crippen molar-refractivity contribution in [2.24, 2.45) is 5.92 Å². The molecule has 96 valence electrons. The van der Waals surface area contributed by atoms with Crippen molar-refractivity contribution >= 4 is 11.9 Å². The van der Waals surface area contributed by atoms with E-state index in [0.29, 0.717) is 0 Å². The summed E-state index contributed by atoms with van der Waals surface area (Å²) >= 11 is 0. The third kappa shape index (κ3) is 1.71. The van der Waals surface area contributed by atoms with Crippen molar-refractivity contribution in [3.05, 3.63) is 0 Å². The molecule has 0 unspecified atom stereocenters. The molecule has 3 atom stereocenters. The second-order valence-corrected chi connectivity index (χ2v) is 4.97. The molecule has 0 bridgehead atoms. The lowest BCUT2D eigenvalue weighted by atomic mass is 9.89. The molecule has 2 saturated heterocycles. The fourth-order valence-corrected chi connectivity index (χ4v) is 2.33. The van der Waals surface area contributed by atoms with Crippen LogP contribution < -0.4 is 5.32 Å². The molecule has 6 heteroatoms. The Labute approximate surface area is 99.6 Å². The number of hydrogen-bond acceptors (Lipinski definition) is 5. The summed E-state index contributed by atoms with van der Waals surface area (Å²) < 4.78 is 15.9. The zero-order valence-corrected chi connectivity index (χ0v) is 10.4. The predicted octanol–water partition coefficient (Wildman–Crippen LogP) is -0.184. The fourth-order valence-electron chi connectivity index (χ4n) is 2.33. The number of nitrogens with one attached hydrogen (secondary N) is 1. The topological polar surface area (TPSA) is 73.9 Å². The van der Waals surface area contributed by atoms with E-state index in [-0.39, 0.29) is 12.5 Å². The van der Waals surface area contributed by atoms with E-state index in [1.165, 1.54) is 7.11 Å². The van der Waals surface area contributed by atoms with Crippen molar-refractivity contribution in [2.45, 2.75) is 38.2 Å². The Morgan fingerprint density at radius 2 is 2.18 bits per heavy atom. The van der Waals surface area contributed by atoms with Crippen LogP contribution in [0.15, 0.2) is 0 Å². The molecule has 1 N–H and O–H groups in total. The van der Waals surface area contributed by atoms with Gasteiger partial charge in [0.1, 0.15) is 6.10 Å². The van der Waals surface area contributed by atoms with Gasteiger partial charge >= 0.3 is 5.97 Å². The normalized spacial score (nSPS) is 39.4. The van der Waals surface area contributed by atoms with E-state index in [0.717, 1.165) is 0 Å². The Bertz CT molecular complexity index is 367. The molecule has 2 fully saturated rings. The quantitative estimate of drug-likeness (QED) is 0.646. The monoisotopic (exact) mass is 243 g/mol. The lowest BCUT2D eigenvalue weighted by molar-refractivity contribution is -0.298. The van der Waals surface area contributed by atoms with Gasteiger partial charge in [0.2, 0.25) is 5.91 Å². The van der Waals surface area contributed by atoms with Crippen LogP contribution >= 0.6 is 0 Å².